The van der Waals surface area contributed by atoms with Crippen LogP contribution < -0.4 is 10.2 Å². The molecule has 0 radical (unpaired) electrons. The number of nitrogens with zero attached hydrogens (tertiary/aromatic N) is 1. The van der Waals surface area contributed by atoms with Crippen molar-refractivity contribution in [3.63, 3.8) is 0 Å². The minimum atomic E-state index is -0.836. The van der Waals surface area contributed by atoms with Crippen LogP contribution in [0.3, 0.4) is 0 Å². The van der Waals surface area contributed by atoms with Crippen LogP contribution in [0, 0.1) is 0 Å². The first-order valence-corrected chi connectivity index (χ1v) is 7.14. The molecule has 0 spiro atoms. The number of carbonyl (C=O) groups excluding carboxylic acids is 1. The van der Waals surface area contributed by atoms with E-state index in [1.54, 1.807) is 4.90 Å². The number of amides is 1. The summed E-state index contributed by atoms with van der Waals surface area (Å²) in [5.74, 6) is -0.987. The van der Waals surface area contributed by atoms with Crippen molar-refractivity contribution in [1.82, 2.24) is 5.32 Å². The second-order valence-corrected chi connectivity index (χ2v) is 6.46. The molecule has 5 heteroatoms. The lowest BCUT2D eigenvalue weighted by molar-refractivity contribution is -0.137. The average molecular weight is 290 g/mol. The van der Waals surface area contributed by atoms with Crippen LogP contribution in [0.1, 0.15) is 38.7 Å². The monoisotopic (exact) mass is 290 g/mol. The number of nitrogens with one attached hydrogen (secondary N) is 1. The van der Waals surface area contributed by atoms with E-state index in [9.17, 15) is 9.59 Å². The summed E-state index contributed by atoms with van der Waals surface area (Å²) in [6.45, 7) is 6.70. The Morgan fingerprint density at radius 1 is 1.33 bits per heavy atom. The molecule has 2 N–H and O–H groups in total. The SMILES string of the molecule is CC(C)(C)NCC(=O)N1CC(CC(=O)O)c2ccccc21. The molecule has 1 aliphatic heterocycles. The second kappa shape index (κ2) is 5.85. The molecule has 0 aromatic heterocycles. The number of aliphatic carboxylic acids is 1. The first kappa shape index (κ1) is 15.5. The number of carboxylic acids is 1. The summed E-state index contributed by atoms with van der Waals surface area (Å²) in [4.78, 5) is 25.1. The molecule has 1 unspecified atom stereocenters. The Morgan fingerprint density at radius 2 is 2.00 bits per heavy atom. The lowest BCUT2D eigenvalue weighted by Gasteiger charge is -2.23. The van der Waals surface area contributed by atoms with Crippen LogP contribution in [0.25, 0.3) is 0 Å². The maximum absolute atomic E-state index is 12.4. The zero-order chi connectivity index (χ0) is 15.6. The Kier molecular flexibility index (Phi) is 4.32. The smallest absolute Gasteiger partial charge is 0.304 e. The van der Waals surface area contributed by atoms with Crippen molar-refractivity contribution >= 4 is 17.6 Å². The van der Waals surface area contributed by atoms with Crippen molar-refractivity contribution in [2.24, 2.45) is 0 Å². The van der Waals surface area contributed by atoms with E-state index in [1.165, 1.54) is 0 Å². The summed E-state index contributed by atoms with van der Waals surface area (Å²) in [6.07, 6.45) is 0.0491. The molecular formula is C16H22N2O3. The van der Waals surface area contributed by atoms with E-state index >= 15 is 0 Å². The normalized spacial score (nSPS) is 17.7. The number of para-hydroxylation sites is 1. The van der Waals surface area contributed by atoms with Crippen molar-refractivity contribution in [3.8, 4) is 0 Å². The third kappa shape index (κ3) is 3.82. The van der Waals surface area contributed by atoms with Gasteiger partial charge in [0.1, 0.15) is 0 Å². The van der Waals surface area contributed by atoms with E-state index in [-0.39, 0.29) is 30.3 Å². The number of carbonyl (C=O) groups is 2. The third-order valence-electron chi connectivity index (χ3n) is 3.56. The van der Waals surface area contributed by atoms with Crippen molar-refractivity contribution < 1.29 is 14.7 Å². The fraction of sp³-hybridized carbons (Fsp3) is 0.500. The van der Waals surface area contributed by atoms with Crippen LogP contribution in [0.4, 0.5) is 5.69 Å². The van der Waals surface area contributed by atoms with Crippen molar-refractivity contribution in [3.05, 3.63) is 29.8 Å². The first-order valence-electron chi connectivity index (χ1n) is 7.14. The molecule has 1 atom stereocenters. The zero-order valence-corrected chi connectivity index (χ0v) is 12.7. The van der Waals surface area contributed by atoms with Gasteiger partial charge in [0.05, 0.1) is 13.0 Å². The van der Waals surface area contributed by atoms with E-state index < -0.39 is 5.97 Å². The second-order valence-electron chi connectivity index (χ2n) is 6.46. The largest absolute Gasteiger partial charge is 0.481 e. The summed E-state index contributed by atoms with van der Waals surface area (Å²) in [5.41, 5.74) is 1.66. The molecule has 114 valence electrons. The topological polar surface area (TPSA) is 69.6 Å². The highest BCUT2D eigenvalue weighted by molar-refractivity contribution is 5.97. The van der Waals surface area contributed by atoms with E-state index in [1.807, 2.05) is 45.0 Å². The summed E-state index contributed by atoms with van der Waals surface area (Å²) >= 11 is 0. The van der Waals surface area contributed by atoms with Gasteiger partial charge in [-0.25, -0.2) is 0 Å². The molecule has 0 saturated carbocycles. The van der Waals surface area contributed by atoms with Crippen molar-refractivity contribution in [1.29, 1.82) is 0 Å². The van der Waals surface area contributed by atoms with E-state index in [4.69, 9.17) is 5.11 Å². The number of anilines is 1. The summed E-state index contributed by atoms with van der Waals surface area (Å²) < 4.78 is 0. The van der Waals surface area contributed by atoms with Gasteiger partial charge in [-0.3, -0.25) is 9.59 Å². The van der Waals surface area contributed by atoms with Crippen LogP contribution in [0.15, 0.2) is 24.3 Å². The Labute approximate surface area is 125 Å². The average Bonchev–Trinajstić information content (AvgIpc) is 2.74. The molecule has 1 aromatic carbocycles. The molecule has 2 rings (SSSR count). The van der Waals surface area contributed by atoms with Gasteiger partial charge in [-0.1, -0.05) is 18.2 Å². The third-order valence-corrected chi connectivity index (χ3v) is 3.56. The molecule has 1 heterocycles. The Morgan fingerprint density at radius 3 is 2.62 bits per heavy atom. The highest BCUT2D eigenvalue weighted by Crippen LogP contribution is 2.37. The number of carboxylic acid groups (broad SMARTS) is 1. The van der Waals surface area contributed by atoms with Gasteiger partial charge in [0.25, 0.3) is 0 Å². The lowest BCUT2D eigenvalue weighted by atomic mass is 9.98. The van der Waals surface area contributed by atoms with Crippen molar-refractivity contribution in [2.45, 2.75) is 38.6 Å². The van der Waals surface area contributed by atoms with Gasteiger partial charge in [-0.15, -0.1) is 0 Å². The van der Waals surface area contributed by atoms with Crippen molar-refractivity contribution in [2.75, 3.05) is 18.0 Å². The summed E-state index contributed by atoms with van der Waals surface area (Å²) in [5, 5.41) is 12.2. The molecule has 0 aliphatic carbocycles. The molecule has 0 fully saturated rings. The maximum Gasteiger partial charge on any atom is 0.304 e. The number of rotatable bonds is 4. The van der Waals surface area contributed by atoms with Crippen LogP contribution in [0.2, 0.25) is 0 Å². The lowest BCUT2D eigenvalue weighted by Crippen LogP contribution is -2.44. The van der Waals surface area contributed by atoms with Gasteiger partial charge in [0, 0.05) is 23.7 Å². The predicted molar refractivity (Wildman–Crippen MR) is 81.5 cm³/mol. The Bertz CT molecular complexity index is 549. The van der Waals surface area contributed by atoms with E-state index in [2.05, 4.69) is 5.32 Å². The van der Waals surface area contributed by atoms with Gasteiger partial charge in [0.2, 0.25) is 5.91 Å². The van der Waals surface area contributed by atoms with Gasteiger partial charge in [-0.05, 0) is 32.4 Å². The summed E-state index contributed by atoms with van der Waals surface area (Å²) in [6, 6.07) is 7.55. The molecular weight excluding hydrogens is 268 g/mol. The highest BCUT2D eigenvalue weighted by atomic mass is 16.4. The molecule has 1 amide bonds. The minimum Gasteiger partial charge on any atom is -0.481 e. The fourth-order valence-corrected chi connectivity index (χ4v) is 2.55. The maximum atomic E-state index is 12.4. The number of hydrogen-bond donors (Lipinski definition) is 2. The molecule has 5 nitrogen and oxygen atoms in total. The Hall–Kier alpha value is -1.88. The van der Waals surface area contributed by atoms with E-state index in [0.29, 0.717) is 6.54 Å². The number of fused-ring (bicyclic) bond motifs is 1. The molecule has 0 bridgehead atoms. The number of benzene rings is 1. The predicted octanol–water partition coefficient (Wildman–Crippen LogP) is 1.98. The van der Waals surface area contributed by atoms with Gasteiger partial charge in [0.15, 0.2) is 0 Å². The molecule has 0 saturated heterocycles. The van der Waals surface area contributed by atoms with Crippen LogP contribution >= 0.6 is 0 Å². The molecule has 1 aromatic rings. The quantitative estimate of drug-likeness (QED) is 0.889. The molecule has 21 heavy (non-hydrogen) atoms. The van der Waals surface area contributed by atoms with Gasteiger partial charge < -0.3 is 15.3 Å². The zero-order valence-electron chi connectivity index (χ0n) is 12.7. The summed E-state index contributed by atoms with van der Waals surface area (Å²) in [7, 11) is 0. The van der Waals surface area contributed by atoms with E-state index in [0.717, 1.165) is 11.3 Å². The van der Waals surface area contributed by atoms with Gasteiger partial charge >= 0.3 is 5.97 Å². The Balaban J connectivity index is 2.15. The van der Waals surface area contributed by atoms with Crippen LogP contribution in [-0.4, -0.2) is 35.6 Å². The van der Waals surface area contributed by atoms with Crippen LogP contribution in [-0.2, 0) is 9.59 Å². The molecule has 1 aliphatic rings. The van der Waals surface area contributed by atoms with Crippen LogP contribution in [0.5, 0.6) is 0 Å². The number of hydrogen-bond acceptors (Lipinski definition) is 3. The highest BCUT2D eigenvalue weighted by Gasteiger charge is 2.33. The fourth-order valence-electron chi connectivity index (χ4n) is 2.55. The first-order chi connectivity index (χ1) is 9.78. The standard InChI is InChI=1S/C16H22N2O3/c1-16(2,3)17-9-14(19)18-10-11(8-15(20)21)12-6-4-5-7-13(12)18/h4-7,11,17H,8-10H2,1-3H3,(H,20,21). The van der Waals surface area contributed by atoms with Gasteiger partial charge in [-0.2, -0.15) is 0 Å². The minimum absolute atomic E-state index is 0.0229.